The van der Waals surface area contributed by atoms with Crippen molar-refractivity contribution in [2.75, 3.05) is 13.6 Å². The van der Waals surface area contributed by atoms with Gasteiger partial charge in [-0.3, -0.25) is 4.79 Å². The molecule has 5 heteroatoms. The highest BCUT2D eigenvalue weighted by molar-refractivity contribution is 5.83. The van der Waals surface area contributed by atoms with Crippen molar-refractivity contribution in [2.45, 2.75) is 19.0 Å². The molecule has 1 unspecified atom stereocenters. The summed E-state index contributed by atoms with van der Waals surface area (Å²) in [5.41, 5.74) is 0.833. The van der Waals surface area contributed by atoms with Crippen molar-refractivity contribution in [3.05, 3.63) is 35.1 Å². The van der Waals surface area contributed by atoms with E-state index in [4.69, 9.17) is 5.26 Å². The van der Waals surface area contributed by atoms with E-state index in [1.807, 2.05) is 0 Å². The number of nitrogens with one attached hydrogen (secondary N) is 1. The van der Waals surface area contributed by atoms with Crippen molar-refractivity contribution in [3.63, 3.8) is 0 Å². The Balaban J connectivity index is 1.99. The van der Waals surface area contributed by atoms with Crippen molar-refractivity contribution < 1.29 is 9.18 Å². The van der Waals surface area contributed by atoms with Gasteiger partial charge in [0.2, 0.25) is 5.91 Å². The minimum Gasteiger partial charge on any atom is -0.344 e. The fraction of sp³-hybridized carbons (Fsp3) is 0.385. The first-order chi connectivity index (χ1) is 8.61. The summed E-state index contributed by atoms with van der Waals surface area (Å²) in [6.45, 7) is 1.21. The fourth-order valence-electron chi connectivity index (χ4n) is 2.02. The summed E-state index contributed by atoms with van der Waals surface area (Å²) in [5, 5.41) is 11.9. The standard InChI is InChI=1S/C13H14FN3O/c1-17-5-4-12(13(17)18)16-8-9-2-3-11(14)10(6-9)7-15/h2-3,6,12,16H,4-5,8H2,1H3. The Morgan fingerprint density at radius 3 is 3.00 bits per heavy atom. The predicted molar refractivity (Wildman–Crippen MR) is 64.0 cm³/mol. The van der Waals surface area contributed by atoms with Gasteiger partial charge in [-0.25, -0.2) is 4.39 Å². The monoisotopic (exact) mass is 247 g/mol. The zero-order valence-electron chi connectivity index (χ0n) is 10.1. The number of nitriles is 1. The van der Waals surface area contributed by atoms with Crippen molar-refractivity contribution in [3.8, 4) is 6.07 Å². The van der Waals surface area contributed by atoms with Gasteiger partial charge in [-0.1, -0.05) is 6.07 Å². The summed E-state index contributed by atoms with van der Waals surface area (Å²) >= 11 is 0. The molecule has 1 heterocycles. The van der Waals surface area contributed by atoms with Crippen LogP contribution < -0.4 is 5.32 Å². The van der Waals surface area contributed by atoms with Gasteiger partial charge in [0.1, 0.15) is 11.9 Å². The molecule has 0 saturated carbocycles. The van der Waals surface area contributed by atoms with E-state index in [0.29, 0.717) is 6.54 Å². The highest BCUT2D eigenvalue weighted by atomic mass is 19.1. The van der Waals surface area contributed by atoms with Gasteiger partial charge in [0.05, 0.1) is 11.6 Å². The maximum Gasteiger partial charge on any atom is 0.239 e. The summed E-state index contributed by atoms with van der Waals surface area (Å²) in [7, 11) is 1.77. The largest absolute Gasteiger partial charge is 0.344 e. The lowest BCUT2D eigenvalue weighted by Crippen LogP contribution is -2.36. The van der Waals surface area contributed by atoms with Crippen molar-refractivity contribution in [2.24, 2.45) is 0 Å². The summed E-state index contributed by atoms with van der Waals surface area (Å²) < 4.78 is 13.1. The molecule has 18 heavy (non-hydrogen) atoms. The molecule has 1 amide bonds. The summed E-state index contributed by atoms with van der Waals surface area (Å²) in [6.07, 6.45) is 0.779. The second-order valence-electron chi connectivity index (χ2n) is 4.41. The van der Waals surface area contributed by atoms with E-state index in [1.54, 1.807) is 24.1 Å². The van der Waals surface area contributed by atoms with Crippen molar-refractivity contribution in [1.82, 2.24) is 10.2 Å². The molecule has 1 aromatic carbocycles. The van der Waals surface area contributed by atoms with Crippen LogP contribution in [0.2, 0.25) is 0 Å². The molecule has 4 nitrogen and oxygen atoms in total. The molecular formula is C13H14FN3O. The van der Waals surface area contributed by atoms with Gasteiger partial charge in [-0.05, 0) is 24.1 Å². The summed E-state index contributed by atoms with van der Waals surface area (Å²) in [5.74, 6) is -0.435. The number of hydrogen-bond donors (Lipinski definition) is 1. The van der Waals surface area contributed by atoms with E-state index in [9.17, 15) is 9.18 Å². The number of nitrogens with zero attached hydrogens (tertiary/aromatic N) is 2. The van der Waals surface area contributed by atoms with Crippen LogP contribution in [0.3, 0.4) is 0 Å². The second-order valence-corrected chi connectivity index (χ2v) is 4.41. The van der Waals surface area contributed by atoms with E-state index in [1.165, 1.54) is 12.1 Å². The number of carbonyl (C=O) groups is 1. The summed E-state index contributed by atoms with van der Waals surface area (Å²) in [4.78, 5) is 13.3. The van der Waals surface area contributed by atoms with Crippen LogP contribution in [0.1, 0.15) is 17.5 Å². The topological polar surface area (TPSA) is 56.1 Å². The zero-order chi connectivity index (χ0) is 13.1. The van der Waals surface area contributed by atoms with Gasteiger partial charge in [-0.2, -0.15) is 5.26 Å². The van der Waals surface area contributed by atoms with Gasteiger partial charge < -0.3 is 10.2 Å². The molecule has 1 atom stereocenters. The molecule has 1 aliphatic rings. The molecule has 1 saturated heterocycles. The molecule has 0 radical (unpaired) electrons. The number of hydrogen-bond acceptors (Lipinski definition) is 3. The van der Waals surface area contributed by atoms with Gasteiger partial charge >= 0.3 is 0 Å². The van der Waals surface area contributed by atoms with Crippen molar-refractivity contribution >= 4 is 5.91 Å². The van der Waals surface area contributed by atoms with Gasteiger partial charge in [0.15, 0.2) is 0 Å². The quantitative estimate of drug-likeness (QED) is 0.867. The van der Waals surface area contributed by atoms with Crippen LogP contribution in [0.4, 0.5) is 4.39 Å². The molecule has 0 aromatic heterocycles. The SMILES string of the molecule is CN1CCC(NCc2ccc(F)c(C#N)c2)C1=O. The normalized spacial score (nSPS) is 19.1. The Kier molecular flexibility index (Phi) is 3.58. The minimum absolute atomic E-state index is 0.0316. The van der Waals surface area contributed by atoms with Gasteiger partial charge in [0, 0.05) is 20.1 Å². The Labute approximate surface area is 105 Å². The first-order valence-corrected chi connectivity index (χ1v) is 5.78. The smallest absolute Gasteiger partial charge is 0.239 e. The maximum absolute atomic E-state index is 13.1. The van der Waals surface area contributed by atoms with Crippen LogP contribution >= 0.6 is 0 Å². The predicted octanol–water partition coefficient (Wildman–Crippen LogP) is 1.02. The van der Waals surface area contributed by atoms with E-state index in [-0.39, 0.29) is 17.5 Å². The number of likely N-dealkylation sites (N-methyl/N-ethyl adjacent to an activating group) is 1. The number of halogens is 1. The highest BCUT2D eigenvalue weighted by Crippen LogP contribution is 2.12. The van der Waals surface area contributed by atoms with E-state index >= 15 is 0 Å². The first kappa shape index (κ1) is 12.5. The Hall–Kier alpha value is -1.93. The molecule has 0 aliphatic carbocycles. The van der Waals surface area contributed by atoms with Crippen LogP contribution in [-0.2, 0) is 11.3 Å². The molecule has 0 bridgehead atoms. The van der Waals surface area contributed by atoms with Crippen LogP contribution in [0.25, 0.3) is 0 Å². The average molecular weight is 247 g/mol. The molecule has 1 N–H and O–H groups in total. The molecule has 1 aliphatic heterocycles. The minimum atomic E-state index is -0.516. The fourth-order valence-corrected chi connectivity index (χ4v) is 2.02. The lowest BCUT2D eigenvalue weighted by Gasteiger charge is -2.12. The Morgan fingerprint density at radius 1 is 1.61 bits per heavy atom. The molecular weight excluding hydrogens is 233 g/mol. The molecule has 94 valence electrons. The molecule has 2 rings (SSSR count). The lowest BCUT2D eigenvalue weighted by molar-refractivity contribution is -0.128. The highest BCUT2D eigenvalue weighted by Gasteiger charge is 2.28. The van der Waals surface area contributed by atoms with Crippen LogP contribution in [0.15, 0.2) is 18.2 Å². The molecule has 1 aromatic rings. The van der Waals surface area contributed by atoms with Gasteiger partial charge in [0.25, 0.3) is 0 Å². The number of rotatable bonds is 3. The summed E-state index contributed by atoms with van der Waals surface area (Å²) in [6, 6.07) is 6.02. The molecule has 1 fully saturated rings. The van der Waals surface area contributed by atoms with Gasteiger partial charge in [-0.15, -0.1) is 0 Å². The Morgan fingerprint density at radius 2 is 2.39 bits per heavy atom. The number of benzene rings is 1. The first-order valence-electron chi connectivity index (χ1n) is 5.78. The zero-order valence-corrected chi connectivity index (χ0v) is 10.1. The Bertz CT molecular complexity index is 509. The number of carbonyl (C=O) groups excluding carboxylic acids is 1. The van der Waals surface area contributed by atoms with E-state index < -0.39 is 5.82 Å². The van der Waals surface area contributed by atoms with E-state index in [0.717, 1.165) is 18.5 Å². The average Bonchev–Trinajstić information content (AvgIpc) is 2.69. The van der Waals surface area contributed by atoms with E-state index in [2.05, 4.69) is 5.32 Å². The van der Waals surface area contributed by atoms with Crippen LogP contribution in [0.5, 0.6) is 0 Å². The number of amides is 1. The maximum atomic E-state index is 13.1. The van der Waals surface area contributed by atoms with Crippen LogP contribution in [0, 0.1) is 17.1 Å². The third-order valence-electron chi connectivity index (χ3n) is 3.13. The van der Waals surface area contributed by atoms with Crippen molar-refractivity contribution in [1.29, 1.82) is 5.26 Å². The molecule has 0 spiro atoms. The second kappa shape index (κ2) is 5.15. The van der Waals surface area contributed by atoms with Crippen LogP contribution in [-0.4, -0.2) is 30.4 Å². The lowest BCUT2D eigenvalue weighted by atomic mass is 10.1. The third kappa shape index (κ3) is 2.49. The number of likely N-dealkylation sites (tertiary alicyclic amines) is 1. The third-order valence-corrected chi connectivity index (χ3v) is 3.13.